The predicted molar refractivity (Wildman–Crippen MR) is 79.7 cm³/mol. The van der Waals surface area contributed by atoms with Gasteiger partial charge in [0.1, 0.15) is 5.82 Å². The number of aryl methyl sites for hydroxylation is 1. The van der Waals surface area contributed by atoms with Gasteiger partial charge < -0.3 is 9.79 Å². The number of hydrogen-bond donors (Lipinski definition) is 2. The van der Waals surface area contributed by atoms with Crippen LogP contribution in [0.4, 0.5) is 0 Å². The van der Waals surface area contributed by atoms with E-state index in [4.69, 9.17) is 8.62 Å². The lowest BCUT2D eigenvalue weighted by Crippen LogP contribution is -2.09. The fourth-order valence-electron chi connectivity index (χ4n) is 1.46. The molecule has 0 fully saturated rings. The Hall–Kier alpha value is 0.01000. The van der Waals surface area contributed by atoms with Crippen molar-refractivity contribution in [2.75, 3.05) is 13.3 Å². The van der Waals surface area contributed by atoms with Crippen molar-refractivity contribution in [2.24, 2.45) is 0 Å². The topological polar surface area (TPSA) is 102 Å². The molecule has 0 bridgehead atoms. The standard InChI is InChI=1S/C10H19N2O5P3/c1-9(5-6-10-11-7-4-8-12-10)20(15,16-18(2)13)17-19(3)14/h4,7-9,13-14H,5-6H2,1-3H3. The Morgan fingerprint density at radius 2 is 1.75 bits per heavy atom. The van der Waals surface area contributed by atoms with Crippen molar-refractivity contribution in [3.8, 4) is 0 Å². The predicted octanol–water partition coefficient (Wildman–Crippen LogP) is 2.89. The quantitative estimate of drug-likeness (QED) is 0.702. The number of hydrogen-bond acceptors (Lipinski definition) is 7. The molecule has 1 rings (SSSR count). The van der Waals surface area contributed by atoms with E-state index in [0.29, 0.717) is 18.7 Å². The van der Waals surface area contributed by atoms with Crippen LogP contribution in [-0.4, -0.2) is 38.7 Å². The van der Waals surface area contributed by atoms with Gasteiger partial charge in [0.05, 0.1) is 5.66 Å². The molecule has 0 spiro atoms. The van der Waals surface area contributed by atoms with Gasteiger partial charge in [-0.1, -0.05) is 6.92 Å². The fraction of sp³-hybridized carbons (Fsp3) is 0.600. The van der Waals surface area contributed by atoms with Gasteiger partial charge in [-0.25, -0.2) is 9.97 Å². The van der Waals surface area contributed by atoms with E-state index in [0.717, 1.165) is 0 Å². The van der Waals surface area contributed by atoms with Crippen LogP contribution in [-0.2, 0) is 19.6 Å². The molecule has 20 heavy (non-hydrogen) atoms. The van der Waals surface area contributed by atoms with Crippen LogP contribution < -0.4 is 0 Å². The van der Waals surface area contributed by atoms with E-state index in [1.807, 2.05) is 0 Å². The Labute approximate surface area is 121 Å². The van der Waals surface area contributed by atoms with Crippen LogP contribution in [0.25, 0.3) is 0 Å². The molecule has 0 aliphatic carbocycles. The van der Waals surface area contributed by atoms with E-state index < -0.39 is 30.0 Å². The second kappa shape index (κ2) is 8.45. The Kier molecular flexibility index (Phi) is 7.63. The molecule has 1 aromatic rings. The first-order valence-electron chi connectivity index (χ1n) is 5.93. The van der Waals surface area contributed by atoms with Crippen molar-refractivity contribution in [3.05, 3.63) is 24.3 Å². The van der Waals surface area contributed by atoms with Gasteiger partial charge in [-0.3, -0.25) is 13.2 Å². The van der Waals surface area contributed by atoms with Crippen molar-refractivity contribution in [1.29, 1.82) is 0 Å². The average molecular weight is 340 g/mol. The minimum absolute atomic E-state index is 0.466. The van der Waals surface area contributed by atoms with Crippen LogP contribution in [0.2, 0.25) is 0 Å². The van der Waals surface area contributed by atoms with E-state index in [-0.39, 0.29) is 0 Å². The molecule has 3 unspecified atom stereocenters. The molecule has 1 heterocycles. The molecule has 3 atom stereocenters. The maximum atomic E-state index is 12.6. The van der Waals surface area contributed by atoms with Crippen LogP contribution in [0.15, 0.2) is 18.5 Å². The van der Waals surface area contributed by atoms with E-state index in [9.17, 15) is 14.4 Å². The third-order valence-corrected chi connectivity index (χ3v) is 7.46. The van der Waals surface area contributed by atoms with Gasteiger partial charge in [0.2, 0.25) is 0 Å². The summed E-state index contributed by atoms with van der Waals surface area (Å²) in [6.45, 7) is 4.52. The van der Waals surface area contributed by atoms with Crippen LogP contribution in [0.5, 0.6) is 0 Å². The Morgan fingerprint density at radius 3 is 2.20 bits per heavy atom. The summed E-state index contributed by atoms with van der Waals surface area (Å²) < 4.78 is 22.7. The smallest absolute Gasteiger partial charge is 0.343 e. The maximum Gasteiger partial charge on any atom is 0.343 e. The molecule has 0 saturated heterocycles. The summed E-state index contributed by atoms with van der Waals surface area (Å²) in [4.78, 5) is 26.8. The minimum Gasteiger partial charge on any atom is -0.350 e. The van der Waals surface area contributed by atoms with Crippen molar-refractivity contribution in [1.82, 2.24) is 9.97 Å². The molecular weight excluding hydrogens is 321 g/mol. The summed E-state index contributed by atoms with van der Waals surface area (Å²) >= 11 is 0. The normalized spacial score (nSPS) is 19.1. The summed E-state index contributed by atoms with van der Waals surface area (Å²) in [5, 5.41) is 0. The molecular formula is C10H19N2O5P3. The number of nitrogens with zero attached hydrogens (tertiary/aromatic N) is 2. The van der Waals surface area contributed by atoms with Gasteiger partial charge >= 0.3 is 7.60 Å². The molecule has 0 aliphatic heterocycles. The van der Waals surface area contributed by atoms with Gasteiger partial charge in [-0.15, -0.1) is 0 Å². The molecule has 0 aromatic carbocycles. The van der Waals surface area contributed by atoms with Crippen molar-refractivity contribution < 1.29 is 23.0 Å². The maximum absolute atomic E-state index is 12.6. The minimum atomic E-state index is -3.56. The monoisotopic (exact) mass is 340 g/mol. The lowest BCUT2D eigenvalue weighted by Gasteiger charge is -2.25. The van der Waals surface area contributed by atoms with Gasteiger partial charge in [-0.05, 0) is 12.5 Å². The van der Waals surface area contributed by atoms with E-state index in [2.05, 4.69) is 9.97 Å². The zero-order chi connectivity index (χ0) is 15.2. The first kappa shape index (κ1) is 18.1. The third kappa shape index (κ3) is 6.19. The number of rotatable bonds is 8. The van der Waals surface area contributed by atoms with Crippen LogP contribution >= 0.6 is 24.3 Å². The highest BCUT2D eigenvalue weighted by Gasteiger charge is 2.36. The third-order valence-electron chi connectivity index (χ3n) is 2.41. The molecule has 0 radical (unpaired) electrons. The van der Waals surface area contributed by atoms with Crippen molar-refractivity contribution in [2.45, 2.75) is 25.4 Å². The highest BCUT2D eigenvalue weighted by molar-refractivity contribution is 7.69. The van der Waals surface area contributed by atoms with Gasteiger partial charge in [0, 0.05) is 32.1 Å². The largest absolute Gasteiger partial charge is 0.350 e. The molecule has 1 aromatic heterocycles. The van der Waals surface area contributed by atoms with Crippen LogP contribution in [0.1, 0.15) is 19.2 Å². The zero-order valence-electron chi connectivity index (χ0n) is 11.6. The summed E-state index contributed by atoms with van der Waals surface area (Å²) in [5.41, 5.74) is -0.472. The Bertz CT molecular complexity index is 432. The van der Waals surface area contributed by atoms with E-state index >= 15 is 0 Å². The highest BCUT2D eigenvalue weighted by atomic mass is 31.3. The number of aromatic nitrogens is 2. The fourth-order valence-corrected chi connectivity index (χ4v) is 6.22. The molecule has 10 heteroatoms. The van der Waals surface area contributed by atoms with E-state index in [1.54, 1.807) is 25.4 Å². The Morgan fingerprint density at radius 1 is 1.25 bits per heavy atom. The van der Waals surface area contributed by atoms with Gasteiger partial charge in [-0.2, -0.15) is 0 Å². The van der Waals surface area contributed by atoms with Gasteiger partial charge in [0.15, 0.2) is 16.8 Å². The summed E-state index contributed by atoms with van der Waals surface area (Å²) in [6.07, 6.45) is 4.25. The molecule has 0 saturated carbocycles. The average Bonchev–Trinajstić information content (AvgIpc) is 2.35. The first-order chi connectivity index (χ1) is 9.33. The first-order valence-corrected chi connectivity index (χ1v) is 10.9. The lowest BCUT2D eigenvalue weighted by atomic mass is 10.2. The van der Waals surface area contributed by atoms with Crippen molar-refractivity contribution in [3.63, 3.8) is 0 Å². The molecule has 114 valence electrons. The second-order valence-electron chi connectivity index (χ2n) is 4.18. The second-order valence-corrected chi connectivity index (χ2v) is 9.31. The summed E-state index contributed by atoms with van der Waals surface area (Å²) in [6, 6.07) is 1.72. The lowest BCUT2D eigenvalue weighted by molar-refractivity contribution is 0.364. The van der Waals surface area contributed by atoms with Crippen LogP contribution in [0.3, 0.4) is 0 Å². The SMILES string of the molecule is CC(CCc1ncccn1)P(=O)(OP(C)O)OP(C)O. The summed E-state index contributed by atoms with van der Waals surface area (Å²) in [5.74, 6) is 0.636. The highest BCUT2D eigenvalue weighted by Crippen LogP contribution is 2.66. The zero-order valence-corrected chi connectivity index (χ0v) is 14.3. The van der Waals surface area contributed by atoms with Gasteiger partial charge in [0.25, 0.3) is 0 Å². The van der Waals surface area contributed by atoms with Crippen molar-refractivity contribution >= 4 is 24.3 Å². The molecule has 0 amide bonds. The van der Waals surface area contributed by atoms with Crippen LogP contribution in [0, 0.1) is 0 Å². The Balaban J connectivity index is 2.68. The van der Waals surface area contributed by atoms with E-state index in [1.165, 1.54) is 13.3 Å². The molecule has 0 aliphatic rings. The summed E-state index contributed by atoms with van der Waals surface area (Å²) in [7, 11) is -7.23. The molecule has 2 N–H and O–H groups in total. The molecule has 7 nitrogen and oxygen atoms in total.